The Hall–Kier alpha value is -4.09. The van der Waals surface area contributed by atoms with Crippen LogP contribution >= 0.6 is 0 Å². The first-order chi connectivity index (χ1) is 17.9. The third-order valence-corrected chi connectivity index (χ3v) is 6.89. The van der Waals surface area contributed by atoms with Crippen molar-refractivity contribution in [2.24, 2.45) is 5.73 Å². The average Bonchev–Trinajstić information content (AvgIpc) is 2.85. The van der Waals surface area contributed by atoms with Crippen molar-refractivity contribution in [2.75, 3.05) is 0 Å². The molecule has 10 nitrogen and oxygen atoms in total. The molecule has 0 amide bonds. The molecule has 0 heterocycles. The molecule has 0 aromatic heterocycles. The lowest BCUT2D eigenvalue weighted by Crippen LogP contribution is -2.36. The van der Waals surface area contributed by atoms with Gasteiger partial charge in [0, 0.05) is 24.3 Å². The fourth-order valence-electron chi connectivity index (χ4n) is 3.48. The van der Waals surface area contributed by atoms with Crippen LogP contribution in [0.3, 0.4) is 0 Å². The van der Waals surface area contributed by atoms with E-state index in [-0.39, 0.29) is 35.0 Å². The zero-order chi connectivity index (χ0) is 29.3. The minimum absolute atomic E-state index is 0.0157. The van der Waals surface area contributed by atoms with Crippen LogP contribution in [-0.4, -0.2) is 18.3 Å². The first-order valence-electron chi connectivity index (χ1n) is 10.5. The van der Waals surface area contributed by atoms with E-state index in [9.17, 15) is 55.0 Å². The van der Waals surface area contributed by atoms with Crippen molar-refractivity contribution in [2.45, 2.75) is 29.3 Å². The summed E-state index contributed by atoms with van der Waals surface area (Å²) < 4.78 is 108. The van der Waals surface area contributed by atoms with Gasteiger partial charge in [-0.05, 0) is 29.3 Å². The van der Waals surface area contributed by atoms with E-state index >= 15 is 0 Å². The lowest BCUT2D eigenvalue weighted by atomic mass is 9.94. The molecule has 0 saturated carbocycles. The van der Waals surface area contributed by atoms with Crippen molar-refractivity contribution in [3.63, 3.8) is 0 Å². The van der Waals surface area contributed by atoms with Crippen LogP contribution in [0.1, 0.15) is 34.3 Å². The fraction of sp³-hybridized carbons (Fsp3) is 0.182. The Balaban J connectivity index is 2.13. The molecule has 0 radical (unpaired) electrons. The number of non-ortho nitro benzene ring substituents is 2. The van der Waals surface area contributed by atoms with Crippen molar-refractivity contribution in [1.29, 1.82) is 0 Å². The van der Waals surface area contributed by atoms with Gasteiger partial charge in [-0.3, -0.25) is 20.2 Å². The van der Waals surface area contributed by atoms with E-state index in [1.165, 1.54) is 12.1 Å². The van der Waals surface area contributed by atoms with Crippen LogP contribution in [0.15, 0.2) is 71.6 Å². The Morgan fingerprint density at radius 1 is 0.718 bits per heavy atom. The summed E-state index contributed by atoms with van der Waals surface area (Å²) >= 11 is 0. The maximum atomic E-state index is 13.3. The molecule has 0 aliphatic heterocycles. The maximum absolute atomic E-state index is 13.3. The van der Waals surface area contributed by atoms with Crippen molar-refractivity contribution in [1.82, 2.24) is 4.72 Å². The van der Waals surface area contributed by atoms with Gasteiger partial charge in [0.05, 0.1) is 38.0 Å². The normalized spacial score (nSPS) is 14.0. The molecule has 0 spiro atoms. The smallest absolute Gasteiger partial charge is 0.322 e. The van der Waals surface area contributed by atoms with E-state index < -0.39 is 66.0 Å². The lowest BCUT2D eigenvalue weighted by molar-refractivity contribution is -0.385. The van der Waals surface area contributed by atoms with E-state index in [1.54, 1.807) is 0 Å². The van der Waals surface area contributed by atoms with Crippen LogP contribution in [0.2, 0.25) is 0 Å². The van der Waals surface area contributed by atoms with E-state index in [0.717, 1.165) is 36.4 Å². The first kappa shape index (κ1) is 29.5. The number of nitro groups is 2. The van der Waals surface area contributed by atoms with Gasteiger partial charge in [-0.2, -0.15) is 26.3 Å². The average molecular weight is 578 g/mol. The Kier molecular flexibility index (Phi) is 8.00. The minimum atomic E-state index is -5.32. The molecule has 0 saturated heterocycles. The second-order valence-electron chi connectivity index (χ2n) is 8.06. The van der Waals surface area contributed by atoms with E-state index in [4.69, 9.17) is 5.73 Å². The zero-order valence-corrected chi connectivity index (χ0v) is 19.9. The monoisotopic (exact) mass is 578 g/mol. The van der Waals surface area contributed by atoms with Crippen LogP contribution in [0.5, 0.6) is 0 Å². The van der Waals surface area contributed by atoms with Crippen LogP contribution in [0, 0.1) is 20.2 Å². The number of nitrogens with zero attached hydrogens (tertiary/aromatic N) is 2. The summed E-state index contributed by atoms with van der Waals surface area (Å²) in [6, 6.07) is 5.33. The molecule has 3 N–H and O–H groups in total. The Morgan fingerprint density at radius 2 is 1.10 bits per heavy atom. The van der Waals surface area contributed by atoms with Gasteiger partial charge >= 0.3 is 12.4 Å². The number of nitrogens with one attached hydrogen (secondary N) is 1. The minimum Gasteiger partial charge on any atom is -0.322 e. The van der Waals surface area contributed by atoms with Crippen LogP contribution in [0.4, 0.5) is 37.7 Å². The van der Waals surface area contributed by atoms with Crippen LogP contribution in [-0.2, 0) is 22.4 Å². The summed E-state index contributed by atoms with van der Waals surface area (Å²) in [5.74, 6) is 0. The van der Waals surface area contributed by atoms with E-state index in [2.05, 4.69) is 0 Å². The molecule has 3 rings (SSSR count). The van der Waals surface area contributed by atoms with Crippen molar-refractivity contribution in [3.05, 3.63) is 109 Å². The molecule has 0 bridgehead atoms. The lowest BCUT2D eigenvalue weighted by Gasteiger charge is -2.26. The van der Waals surface area contributed by atoms with Crippen molar-refractivity contribution in [3.8, 4) is 0 Å². The van der Waals surface area contributed by atoms with E-state index in [0.29, 0.717) is 0 Å². The molecule has 0 unspecified atom stereocenters. The third-order valence-electron chi connectivity index (χ3n) is 5.46. The van der Waals surface area contributed by atoms with Gasteiger partial charge in [-0.1, -0.05) is 24.3 Å². The number of rotatable bonds is 8. The number of sulfonamides is 1. The highest BCUT2D eigenvalue weighted by Crippen LogP contribution is 2.38. The van der Waals surface area contributed by atoms with Crippen molar-refractivity contribution >= 4 is 21.4 Å². The summed E-state index contributed by atoms with van der Waals surface area (Å²) in [6.45, 7) is 0. The fourth-order valence-corrected chi connectivity index (χ4v) is 4.80. The molecule has 39 heavy (non-hydrogen) atoms. The molecule has 0 aliphatic rings. The number of hydrogen-bond donors (Lipinski definition) is 2. The summed E-state index contributed by atoms with van der Waals surface area (Å²) in [7, 11) is -5.15. The largest absolute Gasteiger partial charge is 0.416 e. The van der Waals surface area contributed by atoms with Gasteiger partial charge < -0.3 is 5.73 Å². The second-order valence-corrected chi connectivity index (χ2v) is 9.78. The SMILES string of the molecule is N[C@H](c1ccc([N+](=O)[O-])cc1)[C@H](NS(=O)(=O)c1cc(C(F)(F)F)cc(C(F)(F)F)c1)c1ccc([N+](=O)[O-])cc1. The Labute approximate surface area is 215 Å². The molecule has 17 heteroatoms. The number of alkyl halides is 6. The number of benzene rings is 3. The quantitative estimate of drug-likeness (QED) is 0.210. The van der Waals surface area contributed by atoms with Gasteiger partial charge in [0.25, 0.3) is 11.4 Å². The molecule has 0 aliphatic carbocycles. The van der Waals surface area contributed by atoms with E-state index in [1.807, 2.05) is 4.72 Å². The zero-order valence-electron chi connectivity index (χ0n) is 19.1. The standard InChI is InChI=1S/C22H16F6N4O6S/c23-21(24,25)14-9-15(22(26,27)28)11-18(10-14)39(37,38)30-20(13-3-7-17(8-4-13)32(35)36)19(29)12-1-5-16(6-2-12)31(33)34/h1-11,19-20,30H,29H2/t19-,20-/m1/s1. The molecule has 3 aromatic rings. The highest BCUT2D eigenvalue weighted by molar-refractivity contribution is 7.89. The Morgan fingerprint density at radius 3 is 1.46 bits per heavy atom. The first-order valence-corrected chi connectivity index (χ1v) is 11.9. The highest BCUT2D eigenvalue weighted by Gasteiger charge is 2.39. The van der Waals surface area contributed by atoms with Crippen LogP contribution in [0.25, 0.3) is 0 Å². The predicted octanol–water partition coefficient (Wildman–Crippen LogP) is 5.26. The molecule has 0 fully saturated rings. The maximum Gasteiger partial charge on any atom is 0.416 e. The van der Waals surface area contributed by atoms with Gasteiger partial charge in [-0.25, -0.2) is 13.1 Å². The predicted molar refractivity (Wildman–Crippen MR) is 123 cm³/mol. The molecule has 208 valence electrons. The van der Waals surface area contributed by atoms with Crippen molar-refractivity contribution < 1.29 is 44.6 Å². The molecule has 2 atom stereocenters. The summed E-state index contributed by atoms with van der Waals surface area (Å²) in [4.78, 5) is 19.1. The summed E-state index contributed by atoms with van der Waals surface area (Å²) in [5.41, 5.74) is 1.74. The second kappa shape index (κ2) is 10.6. The van der Waals surface area contributed by atoms with Gasteiger partial charge in [0.15, 0.2) is 0 Å². The number of nitrogens with two attached hydrogens (primary N) is 1. The molecular formula is C22H16F6N4O6S. The topological polar surface area (TPSA) is 158 Å². The number of nitro benzene ring substituents is 2. The molecular weight excluding hydrogens is 562 g/mol. The van der Waals surface area contributed by atoms with Gasteiger partial charge in [0.1, 0.15) is 0 Å². The third kappa shape index (κ3) is 6.87. The molecule has 3 aromatic carbocycles. The van der Waals surface area contributed by atoms with Crippen LogP contribution < -0.4 is 10.5 Å². The number of hydrogen-bond acceptors (Lipinski definition) is 7. The number of halogens is 6. The van der Waals surface area contributed by atoms with Gasteiger partial charge in [-0.15, -0.1) is 0 Å². The summed E-state index contributed by atoms with van der Waals surface area (Å²) in [5, 5.41) is 21.9. The highest BCUT2D eigenvalue weighted by atomic mass is 32.2. The Bertz CT molecular complexity index is 1460. The van der Waals surface area contributed by atoms with Gasteiger partial charge in [0.2, 0.25) is 10.0 Å². The summed E-state index contributed by atoms with van der Waals surface area (Å²) in [6.07, 6.45) is -10.6.